The van der Waals surface area contributed by atoms with Gasteiger partial charge in [-0.15, -0.1) is 0 Å². The molecule has 0 amide bonds. The Morgan fingerprint density at radius 2 is 0.790 bits per heavy atom. The van der Waals surface area contributed by atoms with Gasteiger partial charge < -0.3 is 9.32 Å². The number of benzene rings is 9. The summed E-state index contributed by atoms with van der Waals surface area (Å²) in [5, 5.41) is 2.29. The van der Waals surface area contributed by atoms with Crippen molar-refractivity contribution in [2.45, 2.75) is 38.5 Å². The first-order chi connectivity index (χ1) is 30.2. The van der Waals surface area contributed by atoms with Crippen molar-refractivity contribution in [3.63, 3.8) is 0 Å². The van der Waals surface area contributed by atoms with Crippen LogP contribution in [-0.4, -0.2) is 0 Å². The van der Waals surface area contributed by atoms with Gasteiger partial charge in [0.1, 0.15) is 11.2 Å². The molecule has 0 spiro atoms. The smallest absolute Gasteiger partial charge is 0.136 e. The lowest BCUT2D eigenvalue weighted by atomic mass is 9.81. The van der Waals surface area contributed by atoms with Crippen molar-refractivity contribution in [1.29, 1.82) is 0 Å². The van der Waals surface area contributed by atoms with Gasteiger partial charge in [0.15, 0.2) is 0 Å². The van der Waals surface area contributed by atoms with Crippen LogP contribution in [0.4, 0.5) is 17.1 Å². The standard InChI is InChI=1S/C60H45NO/c1-59(2)53-16-10-8-14-47(53)48-32-29-46(37-56(48)59)61(45-27-20-40(21-28-45)43-23-31-51-50-15-9-11-17-57(50)62-58(51)36-43)44-25-18-39(19-26-44)41-24-33-54-52(34-41)49-30-22-42(35-55(49)60(54,3)4)38-12-6-5-7-13-38/h5-37H,1-4H3. The monoisotopic (exact) mass is 795 g/mol. The van der Waals surface area contributed by atoms with Gasteiger partial charge in [0.25, 0.3) is 0 Å². The first kappa shape index (κ1) is 36.4. The molecule has 0 aliphatic heterocycles. The van der Waals surface area contributed by atoms with Gasteiger partial charge in [-0.25, -0.2) is 0 Å². The number of nitrogens with zero attached hydrogens (tertiary/aromatic N) is 1. The second-order valence-electron chi connectivity index (χ2n) is 18.2. The quantitative estimate of drug-likeness (QED) is 0.167. The van der Waals surface area contributed by atoms with E-state index in [1.165, 1.54) is 66.8 Å². The Kier molecular flexibility index (Phi) is 7.96. The van der Waals surface area contributed by atoms with Crippen LogP contribution < -0.4 is 4.90 Å². The van der Waals surface area contributed by atoms with Crippen LogP contribution in [0, 0.1) is 0 Å². The number of para-hydroxylation sites is 1. The van der Waals surface area contributed by atoms with Crippen LogP contribution >= 0.6 is 0 Å². The number of hydrogen-bond donors (Lipinski definition) is 0. The fraction of sp³-hybridized carbons (Fsp3) is 0.100. The van der Waals surface area contributed by atoms with E-state index in [4.69, 9.17) is 4.42 Å². The highest BCUT2D eigenvalue weighted by Gasteiger charge is 2.37. The molecule has 0 atom stereocenters. The second kappa shape index (κ2) is 13.5. The minimum Gasteiger partial charge on any atom is -0.456 e. The molecule has 10 aromatic rings. The summed E-state index contributed by atoms with van der Waals surface area (Å²) in [6.45, 7) is 9.43. The average molecular weight is 796 g/mol. The first-order valence-electron chi connectivity index (χ1n) is 21.7. The van der Waals surface area contributed by atoms with Crippen LogP contribution in [-0.2, 0) is 10.8 Å². The molecular weight excluding hydrogens is 751 g/mol. The zero-order valence-corrected chi connectivity index (χ0v) is 35.4. The molecule has 0 radical (unpaired) electrons. The topological polar surface area (TPSA) is 16.4 Å². The van der Waals surface area contributed by atoms with Gasteiger partial charge in [0.2, 0.25) is 0 Å². The minimum absolute atomic E-state index is 0.0835. The van der Waals surface area contributed by atoms with E-state index in [-0.39, 0.29) is 10.8 Å². The van der Waals surface area contributed by atoms with Gasteiger partial charge >= 0.3 is 0 Å². The molecule has 2 heteroatoms. The molecule has 2 nitrogen and oxygen atoms in total. The Morgan fingerprint density at radius 3 is 1.55 bits per heavy atom. The van der Waals surface area contributed by atoms with Crippen molar-refractivity contribution >= 4 is 39.0 Å². The molecule has 0 saturated heterocycles. The van der Waals surface area contributed by atoms with E-state index in [9.17, 15) is 0 Å². The minimum atomic E-state index is -0.111. The van der Waals surface area contributed by atoms with Crippen LogP contribution in [0.3, 0.4) is 0 Å². The van der Waals surface area contributed by atoms with Crippen LogP contribution in [0.15, 0.2) is 205 Å². The number of anilines is 3. The van der Waals surface area contributed by atoms with Crippen molar-refractivity contribution in [3.05, 3.63) is 222 Å². The summed E-state index contributed by atoms with van der Waals surface area (Å²) in [7, 11) is 0. The zero-order valence-electron chi connectivity index (χ0n) is 35.4. The maximum absolute atomic E-state index is 6.27. The van der Waals surface area contributed by atoms with Gasteiger partial charge in [0.05, 0.1) is 0 Å². The van der Waals surface area contributed by atoms with E-state index < -0.39 is 0 Å². The van der Waals surface area contributed by atoms with E-state index in [1.54, 1.807) is 0 Å². The number of fused-ring (bicyclic) bond motifs is 9. The van der Waals surface area contributed by atoms with Crippen LogP contribution in [0.2, 0.25) is 0 Å². The van der Waals surface area contributed by atoms with E-state index in [2.05, 4.69) is 221 Å². The Hall–Kier alpha value is -7.42. The largest absolute Gasteiger partial charge is 0.456 e. The lowest BCUT2D eigenvalue weighted by Gasteiger charge is -2.28. The average Bonchev–Trinajstić information content (AvgIpc) is 3.88. The summed E-state index contributed by atoms with van der Waals surface area (Å²) in [5.41, 5.74) is 23.0. The SMILES string of the molecule is CC1(C)c2ccc(-c3ccc(N(c4ccc(-c5ccc6c(c5)oc5ccccc56)cc4)c4ccc5c(c4)C(C)(C)c4ccccc4-5)cc3)cc2-c2ccc(-c3ccccc3)cc21. The van der Waals surface area contributed by atoms with Crippen LogP contribution in [0.1, 0.15) is 49.9 Å². The highest BCUT2D eigenvalue weighted by molar-refractivity contribution is 6.06. The molecule has 12 rings (SSSR count). The zero-order chi connectivity index (χ0) is 41.7. The maximum atomic E-state index is 6.27. The second-order valence-corrected chi connectivity index (χ2v) is 18.2. The van der Waals surface area contributed by atoms with Crippen LogP contribution in [0.5, 0.6) is 0 Å². The molecule has 9 aromatic carbocycles. The summed E-state index contributed by atoms with van der Waals surface area (Å²) in [4.78, 5) is 2.40. The van der Waals surface area contributed by atoms with E-state index >= 15 is 0 Å². The third kappa shape index (κ3) is 5.56. The predicted octanol–water partition coefficient (Wildman–Crippen LogP) is 16.7. The van der Waals surface area contributed by atoms with E-state index in [0.717, 1.165) is 50.1 Å². The van der Waals surface area contributed by atoms with Crippen molar-refractivity contribution in [2.24, 2.45) is 0 Å². The van der Waals surface area contributed by atoms with Crippen molar-refractivity contribution in [1.82, 2.24) is 0 Å². The van der Waals surface area contributed by atoms with Crippen molar-refractivity contribution in [2.75, 3.05) is 4.90 Å². The molecule has 0 N–H and O–H groups in total. The Morgan fingerprint density at radius 1 is 0.306 bits per heavy atom. The highest BCUT2D eigenvalue weighted by Crippen LogP contribution is 2.52. The lowest BCUT2D eigenvalue weighted by molar-refractivity contribution is 0.660. The molecule has 0 fully saturated rings. The summed E-state index contributed by atoms with van der Waals surface area (Å²) < 4.78 is 6.27. The van der Waals surface area contributed by atoms with E-state index in [0.29, 0.717) is 0 Å². The summed E-state index contributed by atoms with van der Waals surface area (Å²) >= 11 is 0. The lowest BCUT2D eigenvalue weighted by Crippen LogP contribution is -2.16. The van der Waals surface area contributed by atoms with Crippen molar-refractivity contribution in [3.8, 4) is 55.6 Å². The molecule has 1 aromatic heterocycles. The van der Waals surface area contributed by atoms with Crippen molar-refractivity contribution < 1.29 is 4.42 Å². The molecule has 2 aliphatic rings. The third-order valence-corrected chi connectivity index (χ3v) is 13.9. The third-order valence-electron chi connectivity index (χ3n) is 13.9. The molecule has 2 aliphatic carbocycles. The molecule has 0 unspecified atom stereocenters. The fourth-order valence-electron chi connectivity index (χ4n) is 10.5. The van der Waals surface area contributed by atoms with Gasteiger partial charge in [-0.2, -0.15) is 0 Å². The molecule has 296 valence electrons. The van der Waals surface area contributed by atoms with E-state index in [1.807, 2.05) is 12.1 Å². The van der Waals surface area contributed by atoms with Gasteiger partial charge in [-0.3, -0.25) is 0 Å². The molecule has 0 bridgehead atoms. The molecular formula is C60H45NO. The summed E-state index contributed by atoms with van der Waals surface area (Å²) in [5.74, 6) is 0. The number of rotatable bonds is 6. The van der Waals surface area contributed by atoms with Crippen LogP contribution in [0.25, 0.3) is 77.6 Å². The number of furan rings is 1. The van der Waals surface area contributed by atoms with Gasteiger partial charge in [-0.1, -0.05) is 161 Å². The normalized spacial score (nSPS) is 14.1. The summed E-state index contributed by atoms with van der Waals surface area (Å²) in [6.07, 6.45) is 0. The molecule has 62 heavy (non-hydrogen) atoms. The maximum Gasteiger partial charge on any atom is 0.136 e. The highest BCUT2D eigenvalue weighted by atomic mass is 16.3. The molecule has 0 saturated carbocycles. The Bertz CT molecular complexity index is 3390. The van der Waals surface area contributed by atoms with Gasteiger partial charge in [0, 0.05) is 38.7 Å². The van der Waals surface area contributed by atoms with Gasteiger partial charge in [-0.05, 0) is 145 Å². The predicted molar refractivity (Wildman–Crippen MR) is 260 cm³/mol. The fourth-order valence-corrected chi connectivity index (χ4v) is 10.5. The number of hydrogen-bond acceptors (Lipinski definition) is 2. The molecule has 1 heterocycles. The first-order valence-corrected chi connectivity index (χ1v) is 21.7. The Labute approximate surface area is 363 Å². The summed E-state index contributed by atoms with van der Waals surface area (Å²) in [6, 6.07) is 73.6. The Balaban J connectivity index is 0.921.